The molecule has 0 atom stereocenters. The molecule has 5 heteroatoms. The molecule has 0 radical (unpaired) electrons. The Kier molecular flexibility index (Phi) is 4.98. The van der Waals surface area contributed by atoms with Crippen molar-refractivity contribution >= 4 is 5.91 Å². The Bertz CT molecular complexity index is 679. The monoisotopic (exact) mass is 304 g/mol. The van der Waals surface area contributed by atoms with Gasteiger partial charge in [-0.1, -0.05) is 6.07 Å². The van der Waals surface area contributed by atoms with Gasteiger partial charge in [0.1, 0.15) is 5.82 Å². The first-order chi connectivity index (χ1) is 10.5. The number of carbonyl (C=O) groups excluding carboxylic acids is 1. The lowest BCUT2D eigenvalue weighted by atomic mass is 10.2. The lowest BCUT2D eigenvalue weighted by Gasteiger charge is -2.19. The fraction of sp³-hybridized carbons (Fsp3) is 0.353. The summed E-state index contributed by atoms with van der Waals surface area (Å²) in [5, 5.41) is 9.06. The fourth-order valence-corrected chi connectivity index (χ4v) is 2.69. The van der Waals surface area contributed by atoms with Gasteiger partial charge in [0.05, 0.1) is 12.2 Å². The van der Waals surface area contributed by atoms with Crippen LogP contribution >= 0.6 is 0 Å². The van der Waals surface area contributed by atoms with E-state index in [1.807, 2.05) is 37.5 Å². The predicted octanol–water partition coefficient (Wildman–Crippen LogP) is 2.69. The summed E-state index contributed by atoms with van der Waals surface area (Å²) in [5.41, 5.74) is 2.91. The second-order valence-electron chi connectivity index (χ2n) is 5.21. The first-order valence-electron chi connectivity index (χ1n) is 7.34. The first kappa shape index (κ1) is 16.2. The molecular formula is C17H21FN2O2. The molecule has 1 amide bonds. The van der Waals surface area contributed by atoms with Crippen molar-refractivity contribution in [3.8, 4) is 5.69 Å². The number of aryl methyl sites for hydroxylation is 1. The van der Waals surface area contributed by atoms with Gasteiger partial charge in [0, 0.05) is 30.2 Å². The minimum absolute atomic E-state index is 0.0672. The van der Waals surface area contributed by atoms with Crippen LogP contribution in [0.3, 0.4) is 0 Å². The summed E-state index contributed by atoms with van der Waals surface area (Å²) in [6.07, 6.45) is 0. The summed E-state index contributed by atoms with van der Waals surface area (Å²) in [4.78, 5) is 14.2. The van der Waals surface area contributed by atoms with Crippen molar-refractivity contribution in [2.75, 3.05) is 19.7 Å². The lowest BCUT2D eigenvalue weighted by molar-refractivity contribution is 0.0731. The SMILES string of the molecule is CCN(CCO)C(=O)c1cc(C)n(-c2cccc(F)c2)c1C. The second kappa shape index (κ2) is 6.75. The van der Waals surface area contributed by atoms with Crippen molar-refractivity contribution < 1.29 is 14.3 Å². The maximum Gasteiger partial charge on any atom is 0.255 e. The lowest BCUT2D eigenvalue weighted by Crippen LogP contribution is -2.33. The zero-order chi connectivity index (χ0) is 16.3. The highest BCUT2D eigenvalue weighted by Gasteiger charge is 2.20. The van der Waals surface area contributed by atoms with Gasteiger partial charge in [0.15, 0.2) is 0 Å². The molecule has 0 aliphatic carbocycles. The number of rotatable bonds is 5. The number of aliphatic hydroxyl groups is 1. The molecule has 22 heavy (non-hydrogen) atoms. The quantitative estimate of drug-likeness (QED) is 0.923. The van der Waals surface area contributed by atoms with Crippen molar-refractivity contribution in [3.63, 3.8) is 0 Å². The topological polar surface area (TPSA) is 45.5 Å². The van der Waals surface area contributed by atoms with E-state index >= 15 is 0 Å². The van der Waals surface area contributed by atoms with Crippen molar-refractivity contribution in [2.45, 2.75) is 20.8 Å². The smallest absolute Gasteiger partial charge is 0.255 e. The minimum atomic E-state index is -0.312. The van der Waals surface area contributed by atoms with Crippen LogP contribution in [0.1, 0.15) is 28.7 Å². The third kappa shape index (κ3) is 3.04. The molecule has 2 aromatic rings. The van der Waals surface area contributed by atoms with Crippen LogP contribution in [0.4, 0.5) is 4.39 Å². The van der Waals surface area contributed by atoms with E-state index in [1.165, 1.54) is 12.1 Å². The average Bonchev–Trinajstić information content (AvgIpc) is 2.79. The highest BCUT2D eigenvalue weighted by molar-refractivity contribution is 5.96. The number of amides is 1. The second-order valence-corrected chi connectivity index (χ2v) is 5.21. The number of nitrogens with zero attached hydrogens (tertiary/aromatic N) is 2. The van der Waals surface area contributed by atoms with E-state index in [9.17, 15) is 9.18 Å². The molecular weight excluding hydrogens is 283 g/mol. The average molecular weight is 304 g/mol. The minimum Gasteiger partial charge on any atom is -0.395 e. The number of benzene rings is 1. The maximum absolute atomic E-state index is 13.4. The normalized spacial score (nSPS) is 10.8. The zero-order valence-electron chi connectivity index (χ0n) is 13.1. The largest absolute Gasteiger partial charge is 0.395 e. The molecule has 0 saturated heterocycles. The van der Waals surface area contributed by atoms with E-state index in [4.69, 9.17) is 5.11 Å². The molecule has 1 aromatic carbocycles. The molecule has 0 saturated carbocycles. The Labute approximate surface area is 129 Å². The summed E-state index contributed by atoms with van der Waals surface area (Å²) in [6, 6.07) is 8.10. The van der Waals surface area contributed by atoms with Crippen LogP contribution in [0.2, 0.25) is 0 Å². The maximum atomic E-state index is 13.4. The molecule has 0 fully saturated rings. The molecule has 2 rings (SSSR count). The number of hydrogen-bond acceptors (Lipinski definition) is 2. The van der Waals surface area contributed by atoms with Gasteiger partial charge in [-0.3, -0.25) is 4.79 Å². The summed E-state index contributed by atoms with van der Waals surface area (Å²) in [6.45, 7) is 6.37. The zero-order valence-corrected chi connectivity index (χ0v) is 13.1. The standard InChI is InChI=1S/C17H21FN2O2/c1-4-19(8-9-21)17(22)16-10-12(2)20(13(16)3)15-7-5-6-14(18)11-15/h5-7,10-11,21H,4,8-9H2,1-3H3. The summed E-state index contributed by atoms with van der Waals surface area (Å²) in [5.74, 6) is -0.430. The molecule has 1 aromatic heterocycles. The van der Waals surface area contributed by atoms with E-state index < -0.39 is 0 Å². The third-order valence-corrected chi connectivity index (χ3v) is 3.77. The van der Waals surface area contributed by atoms with Crippen LogP contribution in [-0.2, 0) is 0 Å². The Hall–Kier alpha value is -2.14. The van der Waals surface area contributed by atoms with Gasteiger partial charge in [-0.25, -0.2) is 4.39 Å². The molecule has 1 heterocycles. The molecule has 0 aliphatic rings. The summed E-state index contributed by atoms with van der Waals surface area (Å²) in [7, 11) is 0. The number of halogens is 1. The van der Waals surface area contributed by atoms with Gasteiger partial charge in [0.25, 0.3) is 5.91 Å². The van der Waals surface area contributed by atoms with Crippen LogP contribution in [0.25, 0.3) is 5.69 Å². The van der Waals surface area contributed by atoms with E-state index in [0.29, 0.717) is 24.3 Å². The number of hydrogen-bond donors (Lipinski definition) is 1. The Morgan fingerprint density at radius 1 is 1.32 bits per heavy atom. The number of aliphatic hydroxyl groups excluding tert-OH is 1. The molecule has 1 N–H and O–H groups in total. The summed E-state index contributed by atoms with van der Waals surface area (Å²) < 4.78 is 15.3. The van der Waals surface area contributed by atoms with Crippen LogP contribution in [-0.4, -0.2) is 40.2 Å². The predicted molar refractivity (Wildman–Crippen MR) is 83.9 cm³/mol. The molecule has 0 spiro atoms. The number of carbonyl (C=O) groups is 1. The van der Waals surface area contributed by atoms with Gasteiger partial charge in [-0.05, 0) is 45.0 Å². The molecule has 0 unspecified atom stereocenters. The van der Waals surface area contributed by atoms with Gasteiger partial charge in [-0.15, -0.1) is 0 Å². The van der Waals surface area contributed by atoms with Crippen molar-refractivity contribution in [3.05, 3.63) is 53.1 Å². The van der Waals surface area contributed by atoms with Crippen LogP contribution in [0.5, 0.6) is 0 Å². The highest BCUT2D eigenvalue weighted by Crippen LogP contribution is 2.22. The molecule has 118 valence electrons. The van der Waals surface area contributed by atoms with Crippen LogP contribution in [0, 0.1) is 19.7 Å². The van der Waals surface area contributed by atoms with Crippen molar-refractivity contribution in [1.82, 2.24) is 9.47 Å². The fourth-order valence-electron chi connectivity index (χ4n) is 2.69. The summed E-state index contributed by atoms with van der Waals surface area (Å²) >= 11 is 0. The number of aromatic nitrogens is 1. The van der Waals surface area contributed by atoms with E-state index in [-0.39, 0.29) is 18.3 Å². The molecule has 0 aliphatic heterocycles. The van der Waals surface area contributed by atoms with Crippen LogP contribution in [0.15, 0.2) is 30.3 Å². The first-order valence-corrected chi connectivity index (χ1v) is 7.34. The molecule has 0 bridgehead atoms. The van der Waals surface area contributed by atoms with Crippen molar-refractivity contribution in [1.29, 1.82) is 0 Å². The van der Waals surface area contributed by atoms with E-state index in [2.05, 4.69) is 0 Å². The Morgan fingerprint density at radius 2 is 2.05 bits per heavy atom. The van der Waals surface area contributed by atoms with E-state index in [0.717, 1.165) is 11.4 Å². The van der Waals surface area contributed by atoms with Gasteiger partial charge in [0.2, 0.25) is 0 Å². The third-order valence-electron chi connectivity index (χ3n) is 3.77. The highest BCUT2D eigenvalue weighted by atomic mass is 19.1. The van der Waals surface area contributed by atoms with E-state index in [1.54, 1.807) is 11.0 Å². The van der Waals surface area contributed by atoms with Crippen molar-refractivity contribution in [2.24, 2.45) is 0 Å². The van der Waals surface area contributed by atoms with Gasteiger partial charge < -0.3 is 14.6 Å². The Morgan fingerprint density at radius 3 is 2.64 bits per heavy atom. The van der Waals surface area contributed by atoms with Gasteiger partial charge >= 0.3 is 0 Å². The van der Waals surface area contributed by atoms with Crippen LogP contribution < -0.4 is 0 Å². The number of likely N-dealkylation sites (N-methyl/N-ethyl adjacent to an activating group) is 1. The molecule has 4 nitrogen and oxygen atoms in total. The van der Waals surface area contributed by atoms with Gasteiger partial charge in [-0.2, -0.15) is 0 Å². The Balaban J connectivity index is 2.45.